The Morgan fingerprint density at radius 2 is 1.50 bits per heavy atom. The molecule has 1 unspecified atom stereocenters. The highest BCUT2D eigenvalue weighted by atomic mass is 16.1. The van der Waals surface area contributed by atoms with Crippen molar-refractivity contribution in [1.29, 1.82) is 0 Å². The van der Waals surface area contributed by atoms with Crippen LogP contribution in [0.3, 0.4) is 0 Å². The Balaban J connectivity index is 0. The number of rotatable bonds is 5. The second kappa shape index (κ2) is 19.9. The monoisotopic (exact) mass is 307 g/mol. The third-order valence-corrected chi connectivity index (χ3v) is 3.00. The molecule has 1 atom stereocenters. The minimum absolute atomic E-state index is 0.104. The van der Waals surface area contributed by atoms with Gasteiger partial charge in [0.2, 0.25) is 0 Å². The summed E-state index contributed by atoms with van der Waals surface area (Å²) in [5.41, 5.74) is 7.07. The van der Waals surface area contributed by atoms with Crippen LogP contribution in [0.4, 0.5) is 0 Å². The first-order chi connectivity index (χ1) is 10.7. The van der Waals surface area contributed by atoms with E-state index in [2.05, 4.69) is 26.0 Å². The van der Waals surface area contributed by atoms with E-state index in [1.165, 1.54) is 37.7 Å². The summed E-state index contributed by atoms with van der Waals surface area (Å²) in [4.78, 5) is 10.1. The molecule has 1 aromatic carbocycles. The molecule has 22 heavy (non-hydrogen) atoms. The quantitative estimate of drug-likeness (QED) is 0.726. The molecule has 0 amide bonds. The zero-order valence-electron chi connectivity index (χ0n) is 15.2. The lowest BCUT2D eigenvalue weighted by Gasteiger charge is -2.08. The van der Waals surface area contributed by atoms with Gasteiger partial charge in [-0.1, -0.05) is 90.1 Å². The van der Waals surface area contributed by atoms with Gasteiger partial charge in [0.15, 0.2) is 0 Å². The average Bonchev–Trinajstić information content (AvgIpc) is 2.47. The summed E-state index contributed by atoms with van der Waals surface area (Å²) in [6.07, 6.45) is 10.4. The van der Waals surface area contributed by atoms with Crippen LogP contribution in [0.1, 0.15) is 78.2 Å². The first-order valence-electron chi connectivity index (χ1n) is 8.97. The van der Waals surface area contributed by atoms with Crippen LogP contribution in [0.25, 0.3) is 0 Å². The number of benzene rings is 1. The van der Waals surface area contributed by atoms with Crippen LogP contribution in [0.2, 0.25) is 0 Å². The Labute approximate surface area is 138 Å². The van der Waals surface area contributed by atoms with Crippen LogP contribution in [0.15, 0.2) is 30.3 Å². The van der Waals surface area contributed by atoms with E-state index < -0.39 is 0 Å². The predicted octanol–water partition coefficient (Wildman–Crippen LogP) is 5.54. The van der Waals surface area contributed by atoms with Crippen LogP contribution in [0.5, 0.6) is 0 Å². The van der Waals surface area contributed by atoms with Gasteiger partial charge in [-0.2, -0.15) is 0 Å². The highest BCUT2D eigenvalue weighted by molar-refractivity contribution is 5.49. The number of carbonyl (C=O) groups is 1. The van der Waals surface area contributed by atoms with Crippen molar-refractivity contribution in [1.82, 2.24) is 0 Å². The van der Waals surface area contributed by atoms with E-state index in [4.69, 9.17) is 5.73 Å². The molecule has 0 heterocycles. The molecule has 1 aliphatic carbocycles. The summed E-state index contributed by atoms with van der Waals surface area (Å²) in [5.74, 6) is 0. The highest BCUT2D eigenvalue weighted by Gasteiger charge is 2.02. The predicted molar refractivity (Wildman–Crippen MR) is 99.2 cm³/mol. The van der Waals surface area contributed by atoms with Gasteiger partial charge in [0.25, 0.3) is 0 Å². The largest absolute Gasteiger partial charge is 0.327 e. The maximum Gasteiger partial charge on any atom is 0.120 e. The van der Waals surface area contributed by atoms with Crippen LogP contribution >= 0.6 is 0 Å². The SMILES string of the molecule is C1CCC1.CC.CCC.NC(CCC=O)Cc1ccccc1. The number of carbonyl (C=O) groups excluding carboxylic acids is 1. The Morgan fingerprint density at radius 3 is 1.86 bits per heavy atom. The smallest absolute Gasteiger partial charge is 0.120 e. The van der Waals surface area contributed by atoms with Crippen molar-refractivity contribution in [3.63, 3.8) is 0 Å². The first-order valence-corrected chi connectivity index (χ1v) is 8.97. The number of aldehydes is 1. The second-order valence-corrected chi connectivity index (χ2v) is 5.32. The lowest BCUT2D eigenvalue weighted by atomic mass is 10.0. The maximum atomic E-state index is 10.1. The van der Waals surface area contributed by atoms with Gasteiger partial charge >= 0.3 is 0 Å². The molecule has 0 aromatic heterocycles. The van der Waals surface area contributed by atoms with Crippen molar-refractivity contribution in [3.05, 3.63) is 35.9 Å². The minimum Gasteiger partial charge on any atom is -0.327 e. The van der Waals surface area contributed by atoms with Gasteiger partial charge in [-0.05, 0) is 18.4 Å². The van der Waals surface area contributed by atoms with E-state index in [-0.39, 0.29) is 6.04 Å². The molecule has 0 aliphatic heterocycles. The zero-order chi connectivity index (χ0) is 17.1. The van der Waals surface area contributed by atoms with Gasteiger partial charge in [0, 0.05) is 12.5 Å². The fraction of sp³-hybridized carbons (Fsp3) is 0.650. The summed E-state index contributed by atoms with van der Waals surface area (Å²) in [7, 11) is 0. The zero-order valence-corrected chi connectivity index (χ0v) is 15.2. The van der Waals surface area contributed by atoms with Gasteiger partial charge in [-0.25, -0.2) is 0 Å². The average molecular weight is 308 g/mol. The molecule has 0 spiro atoms. The van der Waals surface area contributed by atoms with E-state index in [9.17, 15) is 4.79 Å². The molecule has 2 rings (SSSR count). The number of hydrogen-bond acceptors (Lipinski definition) is 2. The highest BCUT2D eigenvalue weighted by Crippen LogP contribution is 2.15. The topological polar surface area (TPSA) is 43.1 Å². The molecular weight excluding hydrogens is 270 g/mol. The number of hydrogen-bond donors (Lipinski definition) is 1. The fourth-order valence-corrected chi connectivity index (χ4v) is 1.55. The Hall–Kier alpha value is -1.15. The van der Waals surface area contributed by atoms with Crippen LogP contribution < -0.4 is 5.73 Å². The van der Waals surface area contributed by atoms with Crippen LogP contribution in [-0.4, -0.2) is 12.3 Å². The van der Waals surface area contributed by atoms with Crippen LogP contribution in [0, 0.1) is 0 Å². The van der Waals surface area contributed by atoms with Crippen LogP contribution in [-0.2, 0) is 11.2 Å². The summed E-state index contributed by atoms with van der Waals surface area (Å²) in [5, 5.41) is 0. The van der Waals surface area contributed by atoms with E-state index >= 15 is 0 Å². The Bertz CT molecular complexity index is 303. The van der Waals surface area contributed by atoms with Crippen molar-refractivity contribution in [2.24, 2.45) is 5.73 Å². The van der Waals surface area contributed by atoms with Crippen molar-refractivity contribution in [2.75, 3.05) is 0 Å². The molecule has 128 valence electrons. The van der Waals surface area contributed by atoms with Crippen molar-refractivity contribution < 1.29 is 4.79 Å². The summed E-state index contributed by atoms with van der Waals surface area (Å²) in [6, 6.07) is 10.2. The summed E-state index contributed by atoms with van der Waals surface area (Å²) >= 11 is 0. The molecule has 0 saturated heterocycles. The molecule has 0 radical (unpaired) electrons. The molecule has 1 aliphatic rings. The van der Waals surface area contributed by atoms with E-state index in [1.54, 1.807) is 0 Å². The number of nitrogens with two attached hydrogens (primary N) is 1. The summed E-state index contributed by atoms with van der Waals surface area (Å²) in [6.45, 7) is 8.25. The van der Waals surface area contributed by atoms with E-state index in [1.807, 2.05) is 32.0 Å². The van der Waals surface area contributed by atoms with Gasteiger partial charge in [-0.3, -0.25) is 0 Å². The van der Waals surface area contributed by atoms with Gasteiger partial charge in [-0.15, -0.1) is 0 Å². The first kappa shape index (κ1) is 23.1. The van der Waals surface area contributed by atoms with E-state index in [0.717, 1.165) is 19.1 Å². The summed E-state index contributed by atoms with van der Waals surface area (Å²) < 4.78 is 0. The Morgan fingerprint density at radius 1 is 1.05 bits per heavy atom. The third kappa shape index (κ3) is 16.9. The molecule has 1 aromatic rings. The molecule has 0 bridgehead atoms. The lowest BCUT2D eigenvalue weighted by Crippen LogP contribution is -2.22. The molecule has 1 saturated carbocycles. The van der Waals surface area contributed by atoms with Crippen molar-refractivity contribution in [3.8, 4) is 0 Å². The van der Waals surface area contributed by atoms with Gasteiger partial charge < -0.3 is 10.5 Å². The second-order valence-electron chi connectivity index (χ2n) is 5.32. The van der Waals surface area contributed by atoms with Crippen molar-refractivity contribution >= 4 is 6.29 Å². The van der Waals surface area contributed by atoms with Gasteiger partial charge in [0.1, 0.15) is 6.29 Å². The molecular formula is C20H37NO. The normalized spacial score (nSPS) is 12.8. The molecule has 2 heteroatoms. The lowest BCUT2D eigenvalue weighted by molar-refractivity contribution is -0.108. The fourth-order valence-electron chi connectivity index (χ4n) is 1.55. The van der Waals surface area contributed by atoms with E-state index in [0.29, 0.717) is 6.42 Å². The molecule has 1 fully saturated rings. The molecule has 2 nitrogen and oxygen atoms in total. The standard InChI is InChI=1S/C11H15NO.C4H8.C3H8.C2H6/c12-11(7-4-8-13)9-10-5-2-1-3-6-10;1-2-4-3-1;1-3-2;1-2/h1-3,5-6,8,11H,4,7,9,12H2;1-4H2;3H2,1-2H3;1-2H3. The minimum atomic E-state index is 0.104. The third-order valence-electron chi connectivity index (χ3n) is 3.00. The maximum absolute atomic E-state index is 10.1. The molecule has 2 N–H and O–H groups in total. The van der Waals surface area contributed by atoms with Gasteiger partial charge in [0.05, 0.1) is 0 Å². The van der Waals surface area contributed by atoms with Crippen molar-refractivity contribution in [2.45, 2.75) is 85.1 Å². The Kier molecular flexibility index (Phi) is 20.9.